The number of aliphatic carboxylic acids is 1. The molecule has 0 aliphatic heterocycles. The van der Waals surface area contributed by atoms with Gasteiger partial charge >= 0.3 is 5.97 Å². The molecule has 12 nitrogen and oxygen atoms in total. The fourth-order valence-electron chi connectivity index (χ4n) is 3.87. The Hall–Kier alpha value is -3.67. The highest BCUT2D eigenvalue weighted by Gasteiger charge is 2.34. The van der Waals surface area contributed by atoms with Crippen molar-refractivity contribution in [2.45, 2.75) is 84.0 Å². The molecular weight excluding hydrogens is 502 g/mol. The molecule has 0 saturated carbocycles. The van der Waals surface area contributed by atoms with Crippen molar-refractivity contribution in [1.29, 1.82) is 0 Å². The van der Waals surface area contributed by atoms with Crippen LogP contribution in [0.1, 0.15) is 58.9 Å². The molecule has 0 fully saturated rings. The Bertz CT molecular complexity index is 969. The zero-order valence-corrected chi connectivity index (χ0v) is 23.4. The third kappa shape index (κ3) is 11.7. The summed E-state index contributed by atoms with van der Waals surface area (Å²) in [5.41, 5.74) is 17.4. The molecular formula is C27H45N7O5. The first kappa shape index (κ1) is 33.4. The summed E-state index contributed by atoms with van der Waals surface area (Å²) in [7, 11) is 0. The van der Waals surface area contributed by atoms with Gasteiger partial charge in [0.25, 0.3) is 0 Å². The van der Waals surface area contributed by atoms with Crippen molar-refractivity contribution in [1.82, 2.24) is 16.0 Å². The number of carboxylic acids is 1. The van der Waals surface area contributed by atoms with Crippen molar-refractivity contribution >= 4 is 29.7 Å². The zero-order valence-electron chi connectivity index (χ0n) is 23.4. The third-order valence-electron chi connectivity index (χ3n) is 6.79. The smallest absolute Gasteiger partial charge is 0.326 e. The molecule has 0 aromatic heterocycles. The van der Waals surface area contributed by atoms with E-state index in [0.717, 1.165) is 5.56 Å². The molecule has 1 aromatic rings. The second kappa shape index (κ2) is 17.0. The van der Waals surface area contributed by atoms with Crippen molar-refractivity contribution < 1.29 is 24.3 Å². The average molecular weight is 548 g/mol. The molecule has 218 valence electrons. The molecule has 0 radical (unpaired) electrons. The van der Waals surface area contributed by atoms with Crippen molar-refractivity contribution in [3.8, 4) is 0 Å². The largest absolute Gasteiger partial charge is 0.480 e. The van der Waals surface area contributed by atoms with Crippen LogP contribution in [0.15, 0.2) is 35.3 Å². The number of guanidine groups is 1. The average Bonchev–Trinajstić information content (AvgIpc) is 2.91. The first-order valence-corrected chi connectivity index (χ1v) is 13.4. The van der Waals surface area contributed by atoms with Gasteiger partial charge in [0.05, 0.1) is 6.04 Å². The maximum absolute atomic E-state index is 13.4. The van der Waals surface area contributed by atoms with E-state index in [4.69, 9.17) is 17.2 Å². The van der Waals surface area contributed by atoms with Crippen LogP contribution in [0.5, 0.6) is 0 Å². The van der Waals surface area contributed by atoms with Gasteiger partial charge in [-0.05, 0) is 30.2 Å². The van der Waals surface area contributed by atoms with Crippen LogP contribution in [0.2, 0.25) is 0 Å². The number of benzene rings is 1. The monoisotopic (exact) mass is 547 g/mol. The highest BCUT2D eigenvalue weighted by molar-refractivity contribution is 5.94. The van der Waals surface area contributed by atoms with Crippen LogP contribution >= 0.6 is 0 Å². The Morgan fingerprint density at radius 2 is 1.38 bits per heavy atom. The van der Waals surface area contributed by atoms with E-state index in [1.54, 1.807) is 31.2 Å². The van der Waals surface area contributed by atoms with Crippen molar-refractivity contribution in [3.05, 3.63) is 35.9 Å². The van der Waals surface area contributed by atoms with E-state index >= 15 is 0 Å². The van der Waals surface area contributed by atoms with E-state index in [2.05, 4.69) is 20.9 Å². The lowest BCUT2D eigenvalue weighted by Gasteiger charge is -2.30. The highest BCUT2D eigenvalue weighted by Crippen LogP contribution is 2.14. The molecule has 3 amide bonds. The molecule has 10 N–H and O–H groups in total. The van der Waals surface area contributed by atoms with Crippen molar-refractivity contribution in [3.63, 3.8) is 0 Å². The Morgan fingerprint density at radius 3 is 1.87 bits per heavy atom. The topological polar surface area (TPSA) is 215 Å². The summed E-state index contributed by atoms with van der Waals surface area (Å²) < 4.78 is 0. The Morgan fingerprint density at radius 1 is 0.872 bits per heavy atom. The molecule has 0 bridgehead atoms. The van der Waals surface area contributed by atoms with Crippen molar-refractivity contribution in [2.75, 3.05) is 6.54 Å². The Labute approximate surface area is 230 Å². The van der Waals surface area contributed by atoms with Gasteiger partial charge in [0.2, 0.25) is 17.7 Å². The highest BCUT2D eigenvalue weighted by atomic mass is 16.4. The second-order valence-electron chi connectivity index (χ2n) is 9.89. The predicted molar refractivity (Wildman–Crippen MR) is 150 cm³/mol. The summed E-state index contributed by atoms with van der Waals surface area (Å²) in [6, 6.07) is 4.96. The standard InChI is InChI=1S/C27H45N7O5/c1-5-16(3)21(24(36)32-20(26(38)39)15-18-11-8-7-9-12-18)34-25(37)22(17(4)6-2)33-23(35)19(28)13-10-14-31-27(29)30/h7-9,11-12,16-17,19-22H,5-6,10,13-15,28H2,1-4H3,(H,32,36)(H,33,35)(H,34,37)(H,38,39)(H4,29,30,31). The molecule has 6 atom stereocenters. The summed E-state index contributed by atoms with van der Waals surface area (Å²) in [5.74, 6) is -3.43. The van der Waals surface area contributed by atoms with Gasteiger partial charge < -0.3 is 38.3 Å². The van der Waals surface area contributed by atoms with E-state index in [1.807, 2.05) is 26.8 Å². The molecule has 0 spiro atoms. The number of aliphatic imine (C=N–C) groups is 1. The Kier molecular flexibility index (Phi) is 14.6. The van der Waals surface area contributed by atoms with Gasteiger partial charge in [-0.2, -0.15) is 0 Å². The predicted octanol–water partition coefficient (Wildman–Crippen LogP) is 0.241. The quantitative estimate of drug-likeness (QED) is 0.0812. The molecule has 6 unspecified atom stereocenters. The van der Waals surface area contributed by atoms with E-state index in [-0.39, 0.29) is 24.2 Å². The minimum atomic E-state index is -1.18. The number of rotatable bonds is 17. The van der Waals surface area contributed by atoms with Crippen molar-refractivity contribution in [2.24, 2.45) is 34.0 Å². The van der Waals surface area contributed by atoms with Gasteiger partial charge in [-0.3, -0.25) is 19.4 Å². The van der Waals surface area contributed by atoms with Crippen LogP contribution in [-0.4, -0.2) is 65.5 Å². The molecule has 0 aliphatic carbocycles. The lowest BCUT2D eigenvalue weighted by atomic mass is 9.94. The normalized spacial score (nSPS) is 15.5. The molecule has 0 saturated heterocycles. The molecule has 12 heteroatoms. The minimum Gasteiger partial charge on any atom is -0.480 e. The van der Waals surface area contributed by atoms with Gasteiger partial charge in [0.15, 0.2) is 5.96 Å². The zero-order chi connectivity index (χ0) is 29.5. The number of nitrogens with zero attached hydrogens (tertiary/aromatic N) is 1. The van der Waals surface area contributed by atoms with Crippen LogP contribution in [0.25, 0.3) is 0 Å². The fraction of sp³-hybridized carbons (Fsp3) is 0.593. The SMILES string of the molecule is CCC(C)C(NC(=O)C(N)CCCN=C(N)N)C(=O)NC(C(=O)NC(Cc1ccccc1)C(=O)O)C(C)CC. The number of carbonyl (C=O) groups is 4. The van der Waals surface area contributed by atoms with Crippen LogP contribution in [0.4, 0.5) is 0 Å². The second-order valence-corrected chi connectivity index (χ2v) is 9.89. The van der Waals surface area contributed by atoms with Gasteiger partial charge in [-0.1, -0.05) is 70.9 Å². The number of carbonyl (C=O) groups excluding carboxylic acids is 3. The van der Waals surface area contributed by atoms with Gasteiger partial charge in [0, 0.05) is 13.0 Å². The fourth-order valence-corrected chi connectivity index (χ4v) is 3.87. The number of nitrogens with one attached hydrogen (secondary N) is 3. The third-order valence-corrected chi connectivity index (χ3v) is 6.79. The molecule has 1 aromatic carbocycles. The minimum absolute atomic E-state index is 0.0452. The van der Waals surface area contributed by atoms with Gasteiger partial charge in [-0.25, -0.2) is 4.79 Å². The Balaban J connectivity index is 2.98. The molecule has 0 aliphatic rings. The van der Waals surface area contributed by atoms with Gasteiger partial charge in [-0.15, -0.1) is 0 Å². The van der Waals surface area contributed by atoms with E-state index < -0.39 is 47.9 Å². The summed E-state index contributed by atoms with van der Waals surface area (Å²) >= 11 is 0. The lowest BCUT2D eigenvalue weighted by molar-refractivity contribution is -0.142. The number of carboxylic acid groups (broad SMARTS) is 1. The first-order chi connectivity index (χ1) is 18.4. The van der Waals surface area contributed by atoms with Crippen LogP contribution in [-0.2, 0) is 25.6 Å². The first-order valence-electron chi connectivity index (χ1n) is 13.4. The summed E-state index contributed by atoms with van der Waals surface area (Å²) in [6.07, 6.45) is 2.02. The maximum atomic E-state index is 13.4. The summed E-state index contributed by atoms with van der Waals surface area (Å²) in [4.78, 5) is 55.1. The van der Waals surface area contributed by atoms with Crippen LogP contribution in [0, 0.1) is 11.8 Å². The van der Waals surface area contributed by atoms with Crippen LogP contribution < -0.4 is 33.2 Å². The number of nitrogens with two attached hydrogens (primary N) is 3. The van der Waals surface area contributed by atoms with Crippen LogP contribution in [0.3, 0.4) is 0 Å². The molecule has 1 rings (SSSR count). The number of amides is 3. The van der Waals surface area contributed by atoms with E-state index in [1.165, 1.54) is 0 Å². The molecule has 0 heterocycles. The lowest BCUT2D eigenvalue weighted by Crippen LogP contribution is -2.60. The van der Waals surface area contributed by atoms with E-state index in [0.29, 0.717) is 32.2 Å². The molecule has 39 heavy (non-hydrogen) atoms. The summed E-state index contributed by atoms with van der Waals surface area (Å²) in [5, 5.41) is 17.8. The maximum Gasteiger partial charge on any atom is 0.326 e. The number of hydrogen-bond donors (Lipinski definition) is 7. The number of hydrogen-bond acceptors (Lipinski definition) is 6. The summed E-state index contributed by atoms with van der Waals surface area (Å²) in [6.45, 7) is 7.68. The van der Waals surface area contributed by atoms with Gasteiger partial charge in [0.1, 0.15) is 18.1 Å². The van der Waals surface area contributed by atoms with E-state index in [9.17, 15) is 24.3 Å².